The summed E-state index contributed by atoms with van der Waals surface area (Å²) in [6.45, 7) is -2.01. The number of aliphatic hydroxyl groups excluding tert-OH is 1. The number of nitrogens with two attached hydrogens (primary N) is 1. The Bertz CT molecular complexity index is 445. The number of hydrogen-bond acceptors (Lipinski definition) is 4. The fourth-order valence-electron chi connectivity index (χ4n) is 1.56. The second kappa shape index (κ2) is 6.74. The number of alkyl halides is 2. The van der Waals surface area contributed by atoms with E-state index >= 15 is 0 Å². The van der Waals surface area contributed by atoms with Gasteiger partial charge >= 0.3 is 0 Å². The molecule has 2 unspecified atom stereocenters. The molecule has 1 rings (SSSR count). The van der Waals surface area contributed by atoms with Crippen LogP contribution in [-0.4, -0.2) is 20.4 Å². The first kappa shape index (κ1) is 15.0. The molecule has 0 bridgehead atoms. The van der Waals surface area contributed by atoms with Crippen LogP contribution < -0.4 is 10.5 Å². The van der Waals surface area contributed by atoms with Crippen molar-refractivity contribution >= 4 is 17.0 Å². The van der Waals surface area contributed by atoms with Gasteiger partial charge in [0.25, 0.3) is 0 Å². The lowest BCUT2D eigenvalue weighted by Crippen LogP contribution is -2.15. The van der Waals surface area contributed by atoms with Crippen molar-refractivity contribution in [3.05, 3.63) is 28.8 Å². The van der Waals surface area contributed by atoms with Crippen molar-refractivity contribution in [1.82, 2.24) is 0 Å². The summed E-state index contributed by atoms with van der Waals surface area (Å²) < 4.78 is 48.6. The molecule has 5 nitrogen and oxygen atoms in total. The van der Waals surface area contributed by atoms with Crippen molar-refractivity contribution in [2.75, 3.05) is 11.3 Å². The van der Waals surface area contributed by atoms with Crippen LogP contribution in [0.4, 0.5) is 14.5 Å². The SMILES string of the molecule is NCC(O)c1cc(NS(=O)[O-])c(CF)cc1CF. The number of rotatable bonds is 6. The normalized spacial score (nSPS) is 14.3. The van der Waals surface area contributed by atoms with E-state index in [9.17, 15) is 22.6 Å². The lowest BCUT2D eigenvalue weighted by molar-refractivity contribution is 0.184. The van der Waals surface area contributed by atoms with E-state index in [1.165, 1.54) is 12.1 Å². The Morgan fingerprint density at radius 3 is 2.44 bits per heavy atom. The van der Waals surface area contributed by atoms with Gasteiger partial charge in [-0.15, -0.1) is 0 Å². The fraction of sp³-hybridized carbons (Fsp3) is 0.400. The van der Waals surface area contributed by atoms with Crippen LogP contribution >= 0.6 is 0 Å². The molecule has 0 heterocycles. The van der Waals surface area contributed by atoms with Crippen molar-refractivity contribution < 1.29 is 22.6 Å². The van der Waals surface area contributed by atoms with Crippen LogP contribution in [0.25, 0.3) is 0 Å². The highest BCUT2D eigenvalue weighted by Crippen LogP contribution is 2.27. The summed E-state index contributed by atoms with van der Waals surface area (Å²) >= 11 is -2.63. The third-order valence-electron chi connectivity index (χ3n) is 2.43. The quantitative estimate of drug-likeness (QED) is 0.671. The summed E-state index contributed by atoms with van der Waals surface area (Å²) in [6.07, 6.45) is -1.13. The summed E-state index contributed by atoms with van der Waals surface area (Å²) in [5.41, 5.74) is 5.45. The number of halogens is 2. The Hall–Kier alpha value is -1.09. The van der Waals surface area contributed by atoms with Crippen molar-refractivity contribution in [2.24, 2.45) is 5.73 Å². The van der Waals surface area contributed by atoms with Gasteiger partial charge in [-0.05, 0) is 23.3 Å². The molecular formula is C10H13F2N2O3S-. The fourth-order valence-corrected chi connectivity index (χ4v) is 1.93. The first-order valence-electron chi connectivity index (χ1n) is 5.05. The zero-order valence-corrected chi connectivity index (χ0v) is 10.2. The third-order valence-corrected chi connectivity index (χ3v) is 2.82. The van der Waals surface area contributed by atoms with E-state index < -0.39 is 30.7 Å². The first-order chi connectivity index (χ1) is 8.53. The van der Waals surface area contributed by atoms with Crippen LogP contribution in [-0.2, 0) is 24.6 Å². The molecular weight excluding hydrogens is 266 g/mol. The topological polar surface area (TPSA) is 98.4 Å². The van der Waals surface area contributed by atoms with Gasteiger partial charge < -0.3 is 20.1 Å². The van der Waals surface area contributed by atoms with Crippen LogP contribution in [0, 0.1) is 0 Å². The molecule has 0 saturated carbocycles. The molecule has 1 aromatic carbocycles. The maximum atomic E-state index is 12.8. The van der Waals surface area contributed by atoms with Crippen molar-refractivity contribution in [3.63, 3.8) is 0 Å². The Labute approximate surface area is 105 Å². The number of nitrogens with one attached hydrogen (secondary N) is 1. The maximum absolute atomic E-state index is 12.8. The molecule has 0 saturated heterocycles. The summed E-state index contributed by atoms with van der Waals surface area (Å²) in [6, 6.07) is 2.36. The number of anilines is 1. The molecule has 0 spiro atoms. The highest BCUT2D eigenvalue weighted by molar-refractivity contribution is 7.80. The van der Waals surface area contributed by atoms with Gasteiger partial charge in [-0.2, -0.15) is 0 Å². The number of benzene rings is 1. The van der Waals surface area contributed by atoms with E-state index in [1.807, 2.05) is 4.72 Å². The molecule has 2 atom stereocenters. The summed E-state index contributed by atoms with van der Waals surface area (Å²) in [5.74, 6) is 0. The molecule has 0 radical (unpaired) electrons. The molecule has 4 N–H and O–H groups in total. The summed E-state index contributed by atoms with van der Waals surface area (Å²) in [7, 11) is 0. The minimum Gasteiger partial charge on any atom is -0.755 e. The largest absolute Gasteiger partial charge is 0.755 e. The van der Waals surface area contributed by atoms with Gasteiger partial charge in [0.2, 0.25) is 0 Å². The monoisotopic (exact) mass is 279 g/mol. The van der Waals surface area contributed by atoms with Gasteiger partial charge in [0.05, 0.1) is 11.8 Å². The molecule has 8 heteroatoms. The van der Waals surface area contributed by atoms with Crippen LogP contribution in [0.15, 0.2) is 12.1 Å². The summed E-state index contributed by atoms with van der Waals surface area (Å²) in [5, 5.41) is 9.60. The Kier molecular flexibility index (Phi) is 5.60. The van der Waals surface area contributed by atoms with E-state index in [4.69, 9.17) is 5.73 Å². The van der Waals surface area contributed by atoms with Gasteiger partial charge in [-0.3, -0.25) is 4.21 Å². The standard InChI is InChI=1S/C10H14F2N2O3S/c11-3-6-1-7(4-12)9(14-18(16)17)2-8(6)10(15)5-13/h1-2,10,14-15H,3-5,13H2,(H,16,17)/p-1. The average molecular weight is 279 g/mol. The number of hydrogen-bond donors (Lipinski definition) is 3. The van der Waals surface area contributed by atoms with Crippen molar-refractivity contribution in [2.45, 2.75) is 19.5 Å². The van der Waals surface area contributed by atoms with Gasteiger partial charge in [-0.25, -0.2) is 8.78 Å². The van der Waals surface area contributed by atoms with E-state index in [-0.39, 0.29) is 28.9 Å². The van der Waals surface area contributed by atoms with Crippen molar-refractivity contribution in [1.29, 1.82) is 0 Å². The Morgan fingerprint density at radius 1 is 1.39 bits per heavy atom. The summed E-state index contributed by atoms with van der Waals surface area (Å²) in [4.78, 5) is 0. The van der Waals surface area contributed by atoms with Crippen molar-refractivity contribution in [3.8, 4) is 0 Å². The minimum absolute atomic E-state index is 0.000165. The van der Waals surface area contributed by atoms with Crippen LogP contribution in [0.5, 0.6) is 0 Å². The number of aliphatic hydroxyl groups is 1. The maximum Gasteiger partial charge on any atom is 0.117 e. The second-order valence-corrected chi connectivity index (χ2v) is 4.24. The molecule has 0 aliphatic heterocycles. The zero-order valence-electron chi connectivity index (χ0n) is 9.36. The lowest BCUT2D eigenvalue weighted by atomic mass is 9.99. The second-order valence-electron chi connectivity index (χ2n) is 3.56. The highest BCUT2D eigenvalue weighted by Gasteiger charge is 2.15. The lowest BCUT2D eigenvalue weighted by Gasteiger charge is -2.18. The molecule has 1 aromatic rings. The average Bonchev–Trinajstić information content (AvgIpc) is 2.36. The van der Waals surface area contributed by atoms with E-state index in [1.54, 1.807) is 0 Å². The molecule has 0 aliphatic carbocycles. The molecule has 0 aliphatic rings. The molecule has 0 aromatic heterocycles. The predicted molar refractivity (Wildman–Crippen MR) is 62.6 cm³/mol. The van der Waals surface area contributed by atoms with Gasteiger partial charge in [0.15, 0.2) is 0 Å². The van der Waals surface area contributed by atoms with Crippen LogP contribution in [0.3, 0.4) is 0 Å². The van der Waals surface area contributed by atoms with Crippen LogP contribution in [0.1, 0.15) is 22.8 Å². The third kappa shape index (κ3) is 3.45. The minimum atomic E-state index is -2.63. The molecule has 18 heavy (non-hydrogen) atoms. The smallest absolute Gasteiger partial charge is 0.117 e. The Morgan fingerprint density at radius 2 is 2.00 bits per heavy atom. The first-order valence-corrected chi connectivity index (χ1v) is 6.12. The van der Waals surface area contributed by atoms with Gasteiger partial charge in [0, 0.05) is 23.4 Å². The van der Waals surface area contributed by atoms with E-state index in [0.717, 1.165) is 0 Å². The van der Waals surface area contributed by atoms with Gasteiger partial charge in [-0.1, -0.05) is 0 Å². The van der Waals surface area contributed by atoms with Gasteiger partial charge in [0.1, 0.15) is 13.3 Å². The van der Waals surface area contributed by atoms with E-state index in [0.29, 0.717) is 0 Å². The predicted octanol–water partition coefficient (Wildman–Crippen LogP) is 0.824. The van der Waals surface area contributed by atoms with E-state index in [2.05, 4.69) is 0 Å². The van der Waals surface area contributed by atoms with Crippen LogP contribution in [0.2, 0.25) is 0 Å². The zero-order chi connectivity index (χ0) is 13.7. The Balaban J connectivity index is 3.28. The highest BCUT2D eigenvalue weighted by atomic mass is 32.2. The molecule has 0 amide bonds. The molecule has 0 fully saturated rings. The molecule has 102 valence electrons.